The smallest absolute Gasteiger partial charge is 0.249 e. The molecule has 0 radical (unpaired) electrons. The van der Waals surface area contributed by atoms with Gasteiger partial charge < -0.3 is 5.73 Å². The maximum atomic E-state index is 13.0. The Bertz CT molecular complexity index is 493. The molecular weight excluding hydrogens is 197 g/mol. The molecule has 0 bridgehead atoms. The lowest BCUT2D eigenvalue weighted by atomic mass is 10.0. The summed E-state index contributed by atoms with van der Waals surface area (Å²) in [5.74, 6) is -1.04. The fourth-order valence-corrected chi connectivity index (χ4v) is 1.35. The molecule has 0 saturated heterocycles. The van der Waals surface area contributed by atoms with E-state index < -0.39 is 11.7 Å². The third-order valence-electron chi connectivity index (χ3n) is 2.02. The Kier molecular flexibility index (Phi) is 2.21. The molecule has 0 atom stereocenters. The number of aromatic nitrogens is 2. The molecule has 0 aliphatic heterocycles. The summed E-state index contributed by atoms with van der Waals surface area (Å²) >= 11 is 0. The minimum absolute atomic E-state index is 0.253. The predicted molar refractivity (Wildman–Crippen MR) is 52.5 cm³/mol. The summed E-state index contributed by atoms with van der Waals surface area (Å²) in [5.41, 5.74) is 6.31. The highest BCUT2D eigenvalue weighted by molar-refractivity contribution is 5.99. The first-order valence-corrected chi connectivity index (χ1v) is 4.28. The average molecular weight is 205 g/mol. The SMILES string of the molecule is NC(=O)c1ccc(F)cc1-c1cc[nH]n1. The fourth-order valence-electron chi connectivity index (χ4n) is 1.35. The Hall–Kier alpha value is -2.17. The fraction of sp³-hybridized carbons (Fsp3) is 0. The summed E-state index contributed by atoms with van der Waals surface area (Å²) in [7, 11) is 0. The second-order valence-electron chi connectivity index (χ2n) is 3.01. The third kappa shape index (κ3) is 1.71. The van der Waals surface area contributed by atoms with Gasteiger partial charge in [0.25, 0.3) is 0 Å². The molecule has 76 valence electrons. The van der Waals surface area contributed by atoms with Crippen LogP contribution < -0.4 is 5.73 Å². The van der Waals surface area contributed by atoms with Crippen molar-refractivity contribution in [1.29, 1.82) is 0 Å². The van der Waals surface area contributed by atoms with Crippen molar-refractivity contribution in [2.24, 2.45) is 5.73 Å². The summed E-state index contributed by atoms with van der Waals surface area (Å²) in [4.78, 5) is 11.1. The Balaban J connectivity index is 2.63. The number of nitrogens with one attached hydrogen (secondary N) is 1. The zero-order valence-corrected chi connectivity index (χ0v) is 7.70. The van der Waals surface area contributed by atoms with Crippen LogP contribution in [0.4, 0.5) is 4.39 Å². The minimum atomic E-state index is -0.604. The molecule has 0 fully saturated rings. The average Bonchev–Trinajstić information content (AvgIpc) is 2.69. The number of nitrogens with zero attached hydrogens (tertiary/aromatic N) is 1. The number of hydrogen-bond acceptors (Lipinski definition) is 2. The van der Waals surface area contributed by atoms with Gasteiger partial charge in [0, 0.05) is 17.3 Å². The summed E-state index contributed by atoms with van der Waals surface area (Å²) in [5, 5.41) is 6.46. The van der Waals surface area contributed by atoms with Crippen LogP contribution in [0.1, 0.15) is 10.4 Å². The molecule has 1 aromatic carbocycles. The van der Waals surface area contributed by atoms with Crippen molar-refractivity contribution in [3.05, 3.63) is 41.8 Å². The van der Waals surface area contributed by atoms with Gasteiger partial charge in [0.1, 0.15) is 5.82 Å². The summed E-state index contributed by atoms with van der Waals surface area (Å²) in [6.45, 7) is 0. The van der Waals surface area contributed by atoms with Crippen molar-refractivity contribution in [1.82, 2.24) is 10.2 Å². The number of hydrogen-bond donors (Lipinski definition) is 2. The number of aromatic amines is 1. The van der Waals surface area contributed by atoms with Gasteiger partial charge in [-0.3, -0.25) is 9.89 Å². The number of carbonyl (C=O) groups is 1. The highest BCUT2D eigenvalue weighted by Gasteiger charge is 2.12. The van der Waals surface area contributed by atoms with E-state index in [-0.39, 0.29) is 5.56 Å². The predicted octanol–water partition coefficient (Wildman–Crippen LogP) is 1.31. The van der Waals surface area contributed by atoms with Crippen molar-refractivity contribution in [3.63, 3.8) is 0 Å². The summed E-state index contributed by atoms with van der Waals surface area (Å²) in [6.07, 6.45) is 1.59. The van der Waals surface area contributed by atoms with Gasteiger partial charge in [0.15, 0.2) is 0 Å². The molecule has 5 heteroatoms. The lowest BCUT2D eigenvalue weighted by molar-refractivity contribution is 0.100. The maximum absolute atomic E-state index is 13.0. The van der Waals surface area contributed by atoms with E-state index in [0.29, 0.717) is 11.3 Å². The second-order valence-corrected chi connectivity index (χ2v) is 3.01. The first kappa shape index (κ1) is 9.39. The van der Waals surface area contributed by atoms with Gasteiger partial charge in [0.2, 0.25) is 5.91 Å². The lowest BCUT2D eigenvalue weighted by Gasteiger charge is -2.03. The van der Waals surface area contributed by atoms with E-state index in [9.17, 15) is 9.18 Å². The lowest BCUT2D eigenvalue weighted by Crippen LogP contribution is -2.12. The zero-order valence-electron chi connectivity index (χ0n) is 7.70. The molecular formula is C10H8FN3O. The van der Waals surface area contributed by atoms with E-state index in [1.165, 1.54) is 18.2 Å². The van der Waals surface area contributed by atoms with Crippen LogP contribution in [-0.2, 0) is 0 Å². The van der Waals surface area contributed by atoms with E-state index >= 15 is 0 Å². The van der Waals surface area contributed by atoms with Gasteiger partial charge in [-0.15, -0.1) is 0 Å². The van der Waals surface area contributed by atoms with E-state index in [2.05, 4.69) is 10.2 Å². The van der Waals surface area contributed by atoms with Gasteiger partial charge in [-0.25, -0.2) is 4.39 Å². The van der Waals surface area contributed by atoms with E-state index in [1.54, 1.807) is 12.3 Å². The molecule has 15 heavy (non-hydrogen) atoms. The molecule has 4 nitrogen and oxygen atoms in total. The van der Waals surface area contributed by atoms with Crippen LogP contribution in [0.15, 0.2) is 30.5 Å². The molecule has 3 N–H and O–H groups in total. The number of H-pyrrole nitrogens is 1. The Morgan fingerprint density at radius 3 is 2.80 bits per heavy atom. The van der Waals surface area contributed by atoms with Crippen molar-refractivity contribution in [3.8, 4) is 11.3 Å². The molecule has 0 aliphatic rings. The second kappa shape index (κ2) is 3.53. The van der Waals surface area contributed by atoms with Gasteiger partial charge in [-0.1, -0.05) is 0 Å². The molecule has 1 aromatic heterocycles. The first-order chi connectivity index (χ1) is 7.18. The number of rotatable bonds is 2. The van der Waals surface area contributed by atoms with E-state index in [4.69, 9.17) is 5.73 Å². The number of nitrogens with two attached hydrogens (primary N) is 1. The Morgan fingerprint density at radius 2 is 2.20 bits per heavy atom. The largest absolute Gasteiger partial charge is 0.366 e. The quantitative estimate of drug-likeness (QED) is 0.775. The number of benzene rings is 1. The molecule has 1 heterocycles. The van der Waals surface area contributed by atoms with Gasteiger partial charge in [-0.05, 0) is 24.3 Å². The van der Waals surface area contributed by atoms with Crippen LogP contribution in [0.2, 0.25) is 0 Å². The topological polar surface area (TPSA) is 71.8 Å². The van der Waals surface area contributed by atoms with Crippen molar-refractivity contribution >= 4 is 5.91 Å². The van der Waals surface area contributed by atoms with Crippen LogP contribution >= 0.6 is 0 Å². The normalized spacial score (nSPS) is 10.2. The van der Waals surface area contributed by atoms with Crippen LogP contribution in [0.25, 0.3) is 11.3 Å². The Morgan fingerprint density at radius 1 is 1.40 bits per heavy atom. The van der Waals surface area contributed by atoms with Crippen LogP contribution in [0, 0.1) is 5.82 Å². The number of amides is 1. The Labute approximate surface area is 84.9 Å². The molecule has 0 saturated carbocycles. The highest BCUT2D eigenvalue weighted by Crippen LogP contribution is 2.22. The number of carbonyl (C=O) groups excluding carboxylic acids is 1. The van der Waals surface area contributed by atoms with Gasteiger partial charge in [0.05, 0.1) is 5.69 Å². The van der Waals surface area contributed by atoms with Crippen molar-refractivity contribution in [2.75, 3.05) is 0 Å². The van der Waals surface area contributed by atoms with E-state index in [0.717, 1.165) is 0 Å². The monoisotopic (exact) mass is 205 g/mol. The van der Waals surface area contributed by atoms with Crippen molar-refractivity contribution in [2.45, 2.75) is 0 Å². The number of halogens is 1. The highest BCUT2D eigenvalue weighted by atomic mass is 19.1. The molecule has 0 aliphatic carbocycles. The minimum Gasteiger partial charge on any atom is -0.366 e. The zero-order chi connectivity index (χ0) is 10.8. The summed E-state index contributed by atoms with van der Waals surface area (Å²) < 4.78 is 13.0. The van der Waals surface area contributed by atoms with Crippen LogP contribution in [0.3, 0.4) is 0 Å². The summed E-state index contributed by atoms with van der Waals surface area (Å²) in [6, 6.07) is 5.41. The first-order valence-electron chi connectivity index (χ1n) is 4.28. The van der Waals surface area contributed by atoms with Crippen LogP contribution in [-0.4, -0.2) is 16.1 Å². The molecule has 2 rings (SSSR count). The molecule has 1 amide bonds. The molecule has 2 aromatic rings. The number of primary amides is 1. The molecule has 0 spiro atoms. The van der Waals surface area contributed by atoms with Gasteiger partial charge in [-0.2, -0.15) is 5.10 Å². The maximum Gasteiger partial charge on any atom is 0.249 e. The van der Waals surface area contributed by atoms with Crippen LogP contribution in [0.5, 0.6) is 0 Å². The van der Waals surface area contributed by atoms with Crippen molar-refractivity contribution < 1.29 is 9.18 Å². The van der Waals surface area contributed by atoms with E-state index in [1.807, 2.05) is 0 Å². The van der Waals surface area contributed by atoms with Gasteiger partial charge >= 0.3 is 0 Å². The molecule has 0 unspecified atom stereocenters. The third-order valence-corrected chi connectivity index (χ3v) is 2.02. The standard InChI is InChI=1S/C10H8FN3O/c11-6-1-2-7(10(12)15)8(5-6)9-3-4-13-14-9/h1-5H,(H2,12,15)(H,13,14).